The van der Waals surface area contributed by atoms with Crippen molar-refractivity contribution in [2.24, 2.45) is 0 Å². The van der Waals surface area contributed by atoms with Crippen molar-refractivity contribution in [1.29, 1.82) is 0 Å². The first-order chi connectivity index (χ1) is 11.1. The van der Waals surface area contributed by atoms with Crippen LogP contribution in [-0.2, 0) is 4.79 Å². The quantitative estimate of drug-likeness (QED) is 0.773. The highest BCUT2D eigenvalue weighted by Gasteiger charge is 2.10. The van der Waals surface area contributed by atoms with Crippen LogP contribution in [0, 0.1) is 5.82 Å². The fourth-order valence-electron chi connectivity index (χ4n) is 1.82. The molecule has 6 heteroatoms. The third kappa shape index (κ3) is 5.25. The molecule has 0 saturated carbocycles. The van der Waals surface area contributed by atoms with E-state index in [4.69, 9.17) is 9.47 Å². The Bertz CT molecular complexity index is 679. The summed E-state index contributed by atoms with van der Waals surface area (Å²) in [6, 6.07) is 11.5. The monoisotopic (exact) mass is 381 g/mol. The first-order valence-electron chi connectivity index (χ1n) is 7.19. The zero-order chi connectivity index (χ0) is 16.7. The molecule has 0 unspecified atom stereocenters. The number of anilines is 1. The Morgan fingerprint density at radius 1 is 1.17 bits per heavy atom. The molecular weight excluding hydrogens is 365 g/mol. The summed E-state index contributed by atoms with van der Waals surface area (Å²) >= 11 is 3.16. The molecule has 0 fully saturated rings. The molecule has 0 bridgehead atoms. The van der Waals surface area contributed by atoms with Crippen molar-refractivity contribution in [2.45, 2.75) is 13.3 Å². The zero-order valence-electron chi connectivity index (χ0n) is 12.6. The molecule has 0 saturated heterocycles. The van der Waals surface area contributed by atoms with E-state index in [0.29, 0.717) is 22.6 Å². The molecule has 4 nitrogen and oxygen atoms in total. The van der Waals surface area contributed by atoms with Crippen molar-refractivity contribution < 1.29 is 18.7 Å². The van der Waals surface area contributed by atoms with Gasteiger partial charge in [0.1, 0.15) is 5.82 Å². The van der Waals surface area contributed by atoms with E-state index in [1.54, 1.807) is 24.3 Å². The van der Waals surface area contributed by atoms with E-state index in [-0.39, 0.29) is 12.3 Å². The number of benzene rings is 2. The molecule has 1 amide bonds. The molecular formula is C17H17BrFNO3. The standard InChI is InChI=1S/C17H17BrFNO3/c1-2-9-22-15-5-3-4-6-16(15)23-11-17(21)20-14-8-7-12(18)10-13(14)19/h3-8,10H,2,9,11H2,1H3,(H,20,21). The Morgan fingerprint density at radius 3 is 2.52 bits per heavy atom. The van der Waals surface area contributed by atoms with Gasteiger partial charge in [0.05, 0.1) is 12.3 Å². The predicted molar refractivity (Wildman–Crippen MR) is 90.5 cm³/mol. The summed E-state index contributed by atoms with van der Waals surface area (Å²) in [5, 5.41) is 2.47. The van der Waals surface area contributed by atoms with E-state index in [0.717, 1.165) is 6.42 Å². The smallest absolute Gasteiger partial charge is 0.262 e. The summed E-state index contributed by atoms with van der Waals surface area (Å²) in [7, 11) is 0. The average molecular weight is 382 g/mol. The minimum Gasteiger partial charge on any atom is -0.490 e. The number of hydrogen-bond acceptors (Lipinski definition) is 3. The number of amides is 1. The van der Waals surface area contributed by atoms with Crippen LogP contribution in [0.4, 0.5) is 10.1 Å². The summed E-state index contributed by atoms with van der Waals surface area (Å²) in [6.07, 6.45) is 0.873. The number of halogens is 2. The lowest BCUT2D eigenvalue weighted by molar-refractivity contribution is -0.118. The molecule has 1 N–H and O–H groups in total. The van der Waals surface area contributed by atoms with Gasteiger partial charge >= 0.3 is 0 Å². The van der Waals surface area contributed by atoms with E-state index < -0.39 is 11.7 Å². The summed E-state index contributed by atoms with van der Waals surface area (Å²) in [5.41, 5.74) is 0.109. The fraction of sp³-hybridized carbons (Fsp3) is 0.235. The van der Waals surface area contributed by atoms with Crippen molar-refractivity contribution in [3.05, 3.63) is 52.8 Å². The Balaban J connectivity index is 1.94. The van der Waals surface area contributed by atoms with Crippen molar-refractivity contribution in [1.82, 2.24) is 0 Å². The van der Waals surface area contributed by atoms with E-state index in [9.17, 15) is 9.18 Å². The third-order valence-corrected chi connectivity index (χ3v) is 3.37. The highest BCUT2D eigenvalue weighted by Crippen LogP contribution is 2.26. The molecule has 0 aromatic heterocycles. The first-order valence-corrected chi connectivity index (χ1v) is 7.99. The molecule has 0 aliphatic rings. The van der Waals surface area contributed by atoms with Crippen LogP contribution in [-0.4, -0.2) is 19.1 Å². The lowest BCUT2D eigenvalue weighted by Crippen LogP contribution is -2.21. The summed E-state index contributed by atoms with van der Waals surface area (Å²) < 4.78 is 25.3. The summed E-state index contributed by atoms with van der Waals surface area (Å²) in [6.45, 7) is 2.34. The van der Waals surface area contributed by atoms with Gasteiger partial charge < -0.3 is 14.8 Å². The Kier molecular flexibility index (Phi) is 6.40. The van der Waals surface area contributed by atoms with Crippen molar-refractivity contribution >= 4 is 27.5 Å². The molecule has 2 rings (SSSR count). The van der Waals surface area contributed by atoms with Gasteiger partial charge in [-0.3, -0.25) is 4.79 Å². The van der Waals surface area contributed by atoms with Crippen LogP contribution in [0.1, 0.15) is 13.3 Å². The number of rotatable bonds is 7. The number of para-hydroxylation sites is 2. The van der Waals surface area contributed by atoms with Crippen molar-refractivity contribution in [3.8, 4) is 11.5 Å². The van der Waals surface area contributed by atoms with E-state index in [2.05, 4.69) is 21.2 Å². The molecule has 0 atom stereocenters. The minimum atomic E-state index is -0.514. The Labute approximate surface area is 142 Å². The maximum absolute atomic E-state index is 13.7. The molecule has 0 radical (unpaired) electrons. The summed E-state index contributed by atoms with van der Waals surface area (Å²) in [5.74, 6) is 0.0975. The maximum atomic E-state index is 13.7. The molecule has 0 heterocycles. The van der Waals surface area contributed by atoms with Gasteiger partial charge in [0, 0.05) is 4.47 Å². The Morgan fingerprint density at radius 2 is 1.87 bits per heavy atom. The molecule has 2 aromatic rings. The zero-order valence-corrected chi connectivity index (χ0v) is 14.2. The van der Waals surface area contributed by atoms with Crippen LogP contribution in [0.5, 0.6) is 11.5 Å². The topological polar surface area (TPSA) is 47.6 Å². The predicted octanol–water partition coefficient (Wildman–Crippen LogP) is 4.39. The molecule has 0 spiro atoms. The number of carbonyl (C=O) groups is 1. The lowest BCUT2D eigenvalue weighted by atomic mass is 10.3. The average Bonchev–Trinajstić information content (AvgIpc) is 2.54. The second-order valence-corrected chi connectivity index (χ2v) is 5.67. The highest BCUT2D eigenvalue weighted by atomic mass is 79.9. The molecule has 122 valence electrons. The van der Waals surface area contributed by atoms with Crippen LogP contribution < -0.4 is 14.8 Å². The molecule has 0 aliphatic heterocycles. The second kappa shape index (κ2) is 8.53. The van der Waals surface area contributed by atoms with Gasteiger partial charge in [-0.1, -0.05) is 35.0 Å². The van der Waals surface area contributed by atoms with Gasteiger partial charge in [0.25, 0.3) is 5.91 Å². The van der Waals surface area contributed by atoms with Gasteiger partial charge in [0.15, 0.2) is 18.1 Å². The number of carbonyl (C=O) groups excluding carboxylic acids is 1. The van der Waals surface area contributed by atoms with Crippen molar-refractivity contribution in [2.75, 3.05) is 18.5 Å². The minimum absolute atomic E-state index is 0.109. The Hall–Kier alpha value is -2.08. The summed E-state index contributed by atoms with van der Waals surface area (Å²) in [4.78, 5) is 11.9. The molecule has 2 aromatic carbocycles. The van der Waals surface area contributed by atoms with Crippen molar-refractivity contribution in [3.63, 3.8) is 0 Å². The number of ether oxygens (including phenoxy) is 2. The number of hydrogen-bond donors (Lipinski definition) is 1. The van der Waals surface area contributed by atoms with Crippen LogP contribution >= 0.6 is 15.9 Å². The van der Waals surface area contributed by atoms with Gasteiger partial charge in [-0.25, -0.2) is 4.39 Å². The maximum Gasteiger partial charge on any atom is 0.262 e. The van der Waals surface area contributed by atoms with Crippen LogP contribution in [0.25, 0.3) is 0 Å². The van der Waals surface area contributed by atoms with Crippen LogP contribution in [0.2, 0.25) is 0 Å². The van der Waals surface area contributed by atoms with Gasteiger partial charge in [-0.2, -0.15) is 0 Å². The van der Waals surface area contributed by atoms with Crippen LogP contribution in [0.15, 0.2) is 46.9 Å². The van der Waals surface area contributed by atoms with E-state index >= 15 is 0 Å². The van der Waals surface area contributed by atoms with E-state index in [1.807, 2.05) is 13.0 Å². The third-order valence-electron chi connectivity index (χ3n) is 2.87. The van der Waals surface area contributed by atoms with Gasteiger partial charge in [-0.05, 0) is 36.8 Å². The van der Waals surface area contributed by atoms with Gasteiger partial charge in [-0.15, -0.1) is 0 Å². The largest absolute Gasteiger partial charge is 0.490 e. The van der Waals surface area contributed by atoms with Crippen LogP contribution in [0.3, 0.4) is 0 Å². The van der Waals surface area contributed by atoms with E-state index in [1.165, 1.54) is 12.1 Å². The molecule has 0 aliphatic carbocycles. The first kappa shape index (κ1) is 17.3. The second-order valence-electron chi connectivity index (χ2n) is 4.76. The van der Waals surface area contributed by atoms with Gasteiger partial charge in [0.2, 0.25) is 0 Å². The molecule has 23 heavy (non-hydrogen) atoms. The highest BCUT2D eigenvalue weighted by molar-refractivity contribution is 9.10. The SMILES string of the molecule is CCCOc1ccccc1OCC(=O)Nc1ccc(Br)cc1F. The lowest BCUT2D eigenvalue weighted by Gasteiger charge is -2.12. The fourth-order valence-corrected chi connectivity index (χ4v) is 2.15. The number of nitrogens with one attached hydrogen (secondary N) is 1. The normalized spacial score (nSPS) is 10.2.